The summed E-state index contributed by atoms with van der Waals surface area (Å²) >= 11 is 1.19. The Labute approximate surface area is 56.9 Å². The molecule has 0 aliphatic heterocycles. The number of hydrogen-bond donors (Lipinski definition) is 0. The van der Waals surface area contributed by atoms with Crippen LogP contribution in [0.4, 0.5) is 0 Å². The lowest BCUT2D eigenvalue weighted by Crippen LogP contribution is -2.12. The van der Waals surface area contributed by atoms with Crippen LogP contribution in [0.25, 0.3) is 0 Å². The first-order valence-corrected chi connectivity index (χ1v) is 3.60. The van der Waals surface area contributed by atoms with Crippen LogP contribution in [0.3, 0.4) is 0 Å². The van der Waals surface area contributed by atoms with Crippen LogP contribution in [-0.2, 0) is 6.54 Å². The maximum absolute atomic E-state index is 10.8. The third-order valence-corrected chi connectivity index (χ3v) is 1.77. The zero-order valence-corrected chi connectivity index (χ0v) is 6.23. The Morgan fingerprint density at radius 3 is 2.67 bits per heavy atom. The van der Waals surface area contributed by atoms with E-state index >= 15 is 0 Å². The molecule has 0 aliphatic rings. The van der Waals surface area contributed by atoms with E-state index in [1.807, 2.05) is 13.8 Å². The Morgan fingerprint density at radius 1 is 1.78 bits per heavy atom. The summed E-state index contributed by atoms with van der Waals surface area (Å²) in [6.45, 7) is 4.40. The number of rotatable bonds is 1. The van der Waals surface area contributed by atoms with Gasteiger partial charge in [0, 0.05) is 6.54 Å². The highest BCUT2D eigenvalue weighted by Crippen LogP contribution is 1.93. The summed E-state index contributed by atoms with van der Waals surface area (Å²) in [5.41, 5.74) is 0. The van der Waals surface area contributed by atoms with Crippen molar-refractivity contribution < 1.29 is 0 Å². The zero-order chi connectivity index (χ0) is 6.85. The minimum Gasteiger partial charge on any atom is -0.255 e. The summed E-state index contributed by atoms with van der Waals surface area (Å²) in [5.74, 6) is 0. The Morgan fingerprint density at radius 2 is 2.44 bits per heavy atom. The molecule has 3 nitrogen and oxygen atoms in total. The molecule has 4 heteroatoms. The highest BCUT2D eigenvalue weighted by molar-refractivity contribution is 7.08. The average molecular weight is 144 g/mol. The molecule has 1 aromatic rings. The van der Waals surface area contributed by atoms with E-state index in [0.29, 0.717) is 6.54 Å². The second-order valence-electron chi connectivity index (χ2n) is 1.70. The molecule has 0 aliphatic carbocycles. The fourth-order valence-corrected chi connectivity index (χ4v) is 1.28. The van der Waals surface area contributed by atoms with Crippen LogP contribution in [0.2, 0.25) is 0 Å². The summed E-state index contributed by atoms with van der Waals surface area (Å²) in [4.78, 5) is 10.8. The molecule has 9 heavy (non-hydrogen) atoms. The van der Waals surface area contributed by atoms with Gasteiger partial charge in [-0.15, -0.1) is 0 Å². The van der Waals surface area contributed by atoms with Crippen LogP contribution in [0, 0.1) is 6.92 Å². The van der Waals surface area contributed by atoms with E-state index in [1.165, 1.54) is 16.0 Å². The second kappa shape index (κ2) is 2.31. The van der Waals surface area contributed by atoms with Gasteiger partial charge in [-0.25, -0.2) is 4.68 Å². The van der Waals surface area contributed by atoms with E-state index in [2.05, 4.69) is 5.10 Å². The Kier molecular flexibility index (Phi) is 1.66. The van der Waals surface area contributed by atoms with E-state index < -0.39 is 0 Å². The fraction of sp³-hybridized carbons (Fsp3) is 0.600. The fourth-order valence-electron chi connectivity index (χ4n) is 0.610. The van der Waals surface area contributed by atoms with Crippen molar-refractivity contribution >= 4 is 11.3 Å². The standard InChI is InChI=1S/C5H8N2OS/c1-3-7-5(8)9-4(2)6-7/h3H2,1-2H3. The minimum absolute atomic E-state index is 0.0370. The van der Waals surface area contributed by atoms with E-state index in [1.54, 1.807) is 0 Å². The molecule has 0 aromatic carbocycles. The molecule has 0 spiro atoms. The summed E-state index contributed by atoms with van der Waals surface area (Å²) in [5, 5.41) is 4.79. The highest BCUT2D eigenvalue weighted by Gasteiger charge is 1.96. The first-order chi connectivity index (χ1) is 4.24. The zero-order valence-electron chi connectivity index (χ0n) is 5.42. The molecular formula is C5H8N2OS. The predicted molar refractivity (Wildman–Crippen MR) is 36.8 cm³/mol. The molecule has 0 bridgehead atoms. The smallest absolute Gasteiger partial charge is 0.255 e. The van der Waals surface area contributed by atoms with Crippen molar-refractivity contribution in [2.24, 2.45) is 0 Å². The number of aryl methyl sites for hydroxylation is 2. The Hall–Kier alpha value is -0.640. The van der Waals surface area contributed by atoms with Crippen LogP contribution in [-0.4, -0.2) is 9.78 Å². The van der Waals surface area contributed by atoms with Gasteiger partial charge in [0.05, 0.1) is 0 Å². The van der Waals surface area contributed by atoms with Gasteiger partial charge in [-0.1, -0.05) is 11.3 Å². The molecule has 0 saturated heterocycles. The van der Waals surface area contributed by atoms with Crippen LogP contribution in [0.15, 0.2) is 4.79 Å². The molecule has 0 unspecified atom stereocenters. The van der Waals surface area contributed by atoms with Crippen molar-refractivity contribution in [3.63, 3.8) is 0 Å². The van der Waals surface area contributed by atoms with Crippen LogP contribution >= 0.6 is 11.3 Å². The lowest BCUT2D eigenvalue weighted by Gasteiger charge is -1.86. The van der Waals surface area contributed by atoms with Gasteiger partial charge in [-0.2, -0.15) is 5.10 Å². The van der Waals surface area contributed by atoms with Gasteiger partial charge in [0.25, 0.3) is 0 Å². The van der Waals surface area contributed by atoms with E-state index in [4.69, 9.17) is 0 Å². The lowest BCUT2D eigenvalue weighted by atomic mass is 10.8. The van der Waals surface area contributed by atoms with Gasteiger partial charge >= 0.3 is 4.87 Å². The molecule has 0 N–H and O–H groups in total. The molecule has 0 fully saturated rings. The van der Waals surface area contributed by atoms with Crippen LogP contribution in [0.5, 0.6) is 0 Å². The molecule has 1 rings (SSSR count). The molecule has 0 atom stereocenters. The molecule has 0 radical (unpaired) electrons. The van der Waals surface area contributed by atoms with Crippen molar-refractivity contribution in [1.82, 2.24) is 9.78 Å². The lowest BCUT2D eigenvalue weighted by molar-refractivity contribution is 0.634. The van der Waals surface area contributed by atoms with E-state index in [-0.39, 0.29) is 4.87 Å². The van der Waals surface area contributed by atoms with E-state index in [0.717, 1.165) is 5.01 Å². The molecule has 0 amide bonds. The first-order valence-electron chi connectivity index (χ1n) is 2.78. The third kappa shape index (κ3) is 1.18. The largest absolute Gasteiger partial charge is 0.325 e. The van der Waals surface area contributed by atoms with Crippen molar-refractivity contribution in [2.75, 3.05) is 0 Å². The number of hydrogen-bond acceptors (Lipinski definition) is 3. The maximum Gasteiger partial charge on any atom is 0.325 e. The molecule has 50 valence electrons. The van der Waals surface area contributed by atoms with Gasteiger partial charge < -0.3 is 0 Å². The van der Waals surface area contributed by atoms with Gasteiger partial charge in [-0.05, 0) is 13.8 Å². The third-order valence-electron chi connectivity index (χ3n) is 1.01. The topological polar surface area (TPSA) is 34.9 Å². The van der Waals surface area contributed by atoms with Crippen molar-refractivity contribution in [1.29, 1.82) is 0 Å². The van der Waals surface area contributed by atoms with Gasteiger partial charge in [0.1, 0.15) is 5.01 Å². The summed E-state index contributed by atoms with van der Waals surface area (Å²) in [6, 6.07) is 0. The predicted octanol–water partition coefficient (Wildman–Crippen LogP) is 0.633. The maximum atomic E-state index is 10.8. The molecular weight excluding hydrogens is 136 g/mol. The van der Waals surface area contributed by atoms with Crippen molar-refractivity contribution in [2.45, 2.75) is 20.4 Å². The normalized spacial score (nSPS) is 10.0. The number of aromatic nitrogens is 2. The van der Waals surface area contributed by atoms with Crippen LogP contribution in [0.1, 0.15) is 11.9 Å². The van der Waals surface area contributed by atoms with Crippen molar-refractivity contribution in [3.8, 4) is 0 Å². The Balaban J connectivity index is 3.16. The minimum atomic E-state index is 0.0370. The SMILES string of the molecule is CCn1nc(C)sc1=O. The van der Waals surface area contributed by atoms with Gasteiger partial charge in [0.15, 0.2) is 0 Å². The molecule has 1 heterocycles. The summed E-state index contributed by atoms with van der Waals surface area (Å²) in [6.07, 6.45) is 0. The van der Waals surface area contributed by atoms with Gasteiger partial charge in [-0.3, -0.25) is 4.79 Å². The van der Waals surface area contributed by atoms with Gasteiger partial charge in [0.2, 0.25) is 0 Å². The van der Waals surface area contributed by atoms with Crippen LogP contribution < -0.4 is 4.87 Å². The molecule has 0 saturated carbocycles. The monoisotopic (exact) mass is 144 g/mol. The van der Waals surface area contributed by atoms with Crippen molar-refractivity contribution in [3.05, 3.63) is 14.7 Å². The summed E-state index contributed by atoms with van der Waals surface area (Å²) in [7, 11) is 0. The average Bonchev–Trinajstić information content (AvgIpc) is 2.10. The van der Waals surface area contributed by atoms with E-state index in [9.17, 15) is 4.79 Å². The quantitative estimate of drug-likeness (QED) is 0.579. The number of nitrogens with zero attached hydrogens (tertiary/aromatic N) is 2. The molecule has 1 aromatic heterocycles. The second-order valence-corrected chi connectivity index (χ2v) is 2.85. The summed E-state index contributed by atoms with van der Waals surface area (Å²) < 4.78 is 1.46. The highest BCUT2D eigenvalue weighted by atomic mass is 32.1. The Bertz CT molecular complexity index is 250. The first kappa shape index (κ1) is 6.48.